The second-order valence-electron chi connectivity index (χ2n) is 5.05. The summed E-state index contributed by atoms with van der Waals surface area (Å²) in [5, 5.41) is 0. The maximum atomic E-state index is 11.6. The SMILES string of the molecule is CCCCCCCCOC(=O)/C=C/c1cccc(OC)c1. The Balaban J connectivity index is 2.19. The number of rotatable bonds is 10. The molecule has 3 heteroatoms. The molecular formula is C18H26O3. The zero-order chi connectivity index (χ0) is 15.3. The lowest BCUT2D eigenvalue weighted by Crippen LogP contribution is -2.02. The fraction of sp³-hybridized carbons (Fsp3) is 0.500. The van der Waals surface area contributed by atoms with Gasteiger partial charge in [0.25, 0.3) is 0 Å². The number of esters is 1. The van der Waals surface area contributed by atoms with Gasteiger partial charge in [-0.1, -0.05) is 51.2 Å². The largest absolute Gasteiger partial charge is 0.497 e. The molecule has 0 aromatic heterocycles. The highest BCUT2D eigenvalue weighted by Crippen LogP contribution is 2.13. The van der Waals surface area contributed by atoms with Crippen LogP contribution in [0.25, 0.3) is 6.08 Å². The third-order valence-electron chi connectivity index (χ3n) is 3.25. The fourth-order valence-corrected chi connectivity index (χ4v) is 2.01. The monoisotopic (exact) mass is 290 g/mol. The molecule has 0 aliphatic rings. The van der Waals surface area contributed by atoms with Crippen LogP contribution < -0.4 is 4.74 Å². The Labute approximate surface area is 128 Å². The average Bonchev–Trinajstić information content (AvgIpc) is 2.52. The topological polar surface area (TPSA) is 35.5 Å². The second kappa shape index (κ2) is 11.0. The molecule has 0 unspecified atom stereocenters. The van der Waals surface area contributed by atoms with Gasteiger partial charge in [0.2, 0.25) is 0 Å². The van der Waals surface area contributed by atoms with Crippen molar-refractivity contribution in [2.45, 2.75) is 45.4 Å². The number of carbonyl (C=O) groups excluding carboxylic acids is 1. The van der Waals surface area contributed by atoms with Gasteiger partial charge in [-0.25, -0.2) is 4.79 Å². The molecule has 0 fully saturated rings. The van der Waals surface area contributed by atoms with Crippen LogP contribution in [0, 0.1) is 0 Å². The van der Waals surface area contributed by atoms with E-state index in [1.54, 1.807) is 13.2 Å². The van der Waals surface area contributed by atoms with Crippen molar-refractivity contribution in [3.8, 4) is 5.75 Å². The van der Waals surface area contributed by atoms with Gasteiger partial charge in [0.15, 0.2) is 0 Å². The third-order valence-corrected chi connectivity index (χ3v) is 3.25. The lowest BCUT2D eigenvalue weighted by molar-refractivity contribution is -0.137. The molecule has 0 bridgehead atoms. The van der Waals surface area contributed by atoms with Gasteiger partial charge in [-0.3, -0.25) is 0 Å². The Morgan fingerprint density at radius 3 is 2.67 bits per heavy atom. The molecule has 0 spiro atoms. The first-order valence-electron chi connectivity index (χ1n) is 7.75. The maximum absolute atomic E-state index is 11.6. The van der Waals surface area contributed by atoms with Crippen LogP contribution in [-0.4, -0.2) is 19.7 Å². The van der Waals surface area contributed by atoms with Gasteiger partial charge < -0.3 is 9.47 Å². The number of benzene rings is 1. The zero-order valence-electron chi connectivity index (χ0n) is 13.1. The van der Waals surface area contributed by atoms with E-state index < -0.39 is 0 Å². The molecule has 0 atom stereocenters. The number of ether oxygens (including phenoxy) is 2. The number of unbranched alkanes of at least 4 members (excludes halogenated alkanes) is 5. The molecule has 0 saturated heterocycles. The van der Waals surface area contributed by atoms with Gasteiger partial charge in [0, 0.05) is 6.08 Å². The first kappa shape index (κ1) is 17.3. The van der Waals surface area contributed by atoms with Gasteiger partial charge >= 0.3 is 5.97 Å². The van der Waals surface area contributed by atoms with E-state index in [9.17, 15) is 4.79 Å². The van der Waals surface area contributed by atoms with E-state index in [0.717, 1.165) is 24.2 Å². The van der Waals surface area contributed by atoms with Crippen LogP contribution in [0.15, 0.2) is 30.3 Å². The van der Waals surface area contributed by atoms with E-state index in [1.807, 2.05) is 24.3 Å². The van der Waals surface area contributed by atoms with Gasteiger partial charge in [-0.05, 0) is 30.2 Å². The van der Waals surface area contributed by atoms with Gasteiger partial charge in [-0.2, -0.15) is 0 Å². The van der Waals surface area contributed by atoms with Crippen molar-refractivity contribution in [2.24, 2.45) is 0 Å². The average molecular weight is 290 g/mol. The molecule has 21 heavy (non-hydrogen) atoms. The molecule has 1 aromatic carbocycles. The van der Waals surface area contributed by atoms with Crippen molar-refractivity contribution in [2.75, 3.05) is 13.7 Å². The molecule has 3 nitrogen and oxygen atoms in total. The first-order chi connectivity index (χ1) is 10.3. The van der Waals surface area contributed by atoms with Crippen molar-refractivity contribution in [1.82, 2.24) is 0 Å². The van der Waals surface area contributed by atoms with Crippen molar-refractivity contribution in [1.29, 1.82) is 0 Å². The first-order valence-corrected chi connectivity index (χ1v) is 7.75. The molecule has 0 heterocycles. The van der Waals surface area contributed by atoms with Crippen LogP contribution in [0.3, 0.4) is 0 Å². The summed E-state index contributed by atoms with van der Waals surface area (Å²) in [5.74, 6) is 0.490. The Morgan fingerprint density at radius 1 is 1.14 bits per heavy atom. The van der Waals surface area contributed by atoms with Gasteiger partial charge in [0.05, 0.1) is 13.7 Å². The smallest absolute Gasteiger partial charge is 0.330 e. The minimum Gasteiger partial charge on any atom is -0.497 e. The van der Waals surface area contributed by atoms with Crippen molar-refractivity contribution in [3.63, 3.8) is 0 Å². The quantitative estimate of drug-likeness (QED) is 0.358. The van der Waals surface area contributed by atoms with Crippen molar-refractivity contribution < 1.29 is 14.3 Å². The predicted molar refractivity (Wildman–Crippen MR) is 86.4 cm³/mol. The van der Waals surface area contributed by atoms with E-state index in [0.29, 0.717) is 6.61 Å². The molecule has 0 aliphatic heterocycles. The zero-order valence-corrected chi connectivity index (χ0v) is 13.1. The summed E-state index contributed by atoms with van der Waals surface area (Å²) >= 11 is 0. The summed E-state index contributed by atoms with van der Waals surface area (Å²) in [5.41, 5.74) is 0.922. The van der Waals surface area contributed by atoms with Crippen LogP contribution in [0.4, 0.5) is 0 Å². The Kier molecular flexibility index (Phi) is 9.01. The number of hydrogen-bond acceptors (Lipinski definition) is 3. The number of carbonyl (C=O) groups is 1. The molecule has 0 amide bonds. The van der Waals surface area contributed by atoms with E-state index in [4.69, 9.17) is 9.47 Å². The lowest BCUT2D eigenvalue weighted by Gasteiger charge is -2.02. The number of methoxy groups -OCH3 is 1. The Morgan fingerprint density at radius 2 is 1.90 bits per heavy atom. The molecule has 0 N–H and O–H groups in total. The van der Waals surface area contributed by atoms with Crippen LogP contribution in [-0.2, 0) is 9.53 Å². The summed E-state index contributed by atoms with van der Waals surface area (Å²) in [6.45, 7) is 2.71. The van der Waals surface area contributed by atoms with E-state index in [1.165, 1.54) is 31.8 Å². The molecule has 1 rings (SSSR count). The summed E-state index contributed by atoms with van der Waals surface area (Å²) < 4.78 is 10.3. The number of hydrogen-bond donors (Lipinski definition) is 0. The Hall–Kier alpha value is -1.77. The molecule has 0 radical (unpaired) electrons. The van der Waals surface area contributed by atoms with E-state index in [-0.39, 0.29) is 5.97 Å². The van der Waals surface area contributed by atoms with E-state index in [2.05, 4.69) is 6.92 Å². The Bertz CT molecular complexity index is 438. The molecule has 0 saturated carbocycles. The molecule has 116 valence electrons. The second-order valence-corrected chi connectivity index (χ2v) is 5.05. The fourth-order valence-electron chi connectivity index (χ4n) is 2.01. The minimum atomic E-state index is -0.286. The van der Waals surface area contributed by atoms with Crippen molar-refractivity contribution >= 4 is 12.0 Å². The highest BCUT2D eigenvalue weighted by atomic mass is 16.5. The van der Waals surface area contributed by atoms with Crippen LogP contribution in [0.5, 0.6) is 5.75 Å². The minimum absolute atomic E-state index is 0.286. The highest BCUT2D eigenvalue weighted by molar-refractivity contribution is 5.87. The van der Waals surface area contributed by atoms with Gasteiger partial charge in [-0.15, -0.1) is 0 Å². The lowest BCUT2D eigenvalue weighted by atomic mass is 10.1. The standard InChI is InChI=1S/C18H26O3/c1-3-4-5-6-7-8-14-21-18(19)13-12-16-10-9-11-17(15-16)20-2/h9-13,15H,3-8,14H2,1-2H3/b13-12+. The summed E-state index contributed by atoms with van der Waals surface area (Å²) in [6.07, 6.45) is 10.3. The normalized spacial score (nSPS) is 10.8. The molecule has 1 aromatic rings. The molecule has 0 aliphatic carbocycles. The third kappa shape index (κ3) is 8.18. The van der Waals surface area contributed by atoms with Crippen molar-refractivity contribution in [3.05, 3.63) is 35.9 Å². The maximum Gasteiger partial charge on any atom is 0.330 e. The highest BCUT2D eigenvalue weighted by Gasteiger charge is 1.98. The van der Waals surface area contributed by atoms with Crippen LogP contribution in [0.1, 0.15) is 51.0 Å². The van der Waals surface area contributed by atoms with Crippen LogP contribution in [0.2, 0.25) is 0 Å². The summed E-state index contributed by atoms with van der Waals surface area (Å²) in [6, 6.07) is 7.55. The summed E-state index contributed by atoms with van der Waals surface area (Å²) in [7, 11) is 1.62. The predicted octanol–water partition coefficient (Wildman–Crippen LogP) is 4.61. The molecular weight excluding hydrogens is 264 g/mol. The van der Waals surface area contributed by atoms with Crippen LogP contribution >= 0.6 is 0 Å². The van der Waals surface area contributed by atoms with E-state index >= 15 is 0 Å². The van der Waals surface area contributed by atoms with Gasteiger partial charge in [0.1, 0.15) is 5.75 Å². The summed E-state index contributed by atoms with van der Waals surface area (Å²) in [4.78, 5) is 11.6.